The van der Waals surface area contributed by atoms with Gasteiger partial charge in [-0.05, 0) is 45.1 Å². The van der Waals surface area contributed by atoms with Gasteiger partial charge in [-0.15, -0.1) is 0 Å². The van der Waals surface area contributed by atoms with Gasteiger partial charge in [0.15, 0.2) is 0 Å². The molecule has 7 rings (SSSR count). The fraction of sp³-hybridized carbons (Fsp3) is 0.0417. The first kappa shape index (κ1) is 16.8. The molecule has 0 N–H and O–H groups in total. The van der Waals surface area contributed by atoms with Crippen LogP contribution in [0.15, 0.2) is 47.6 Å². The minimum absolute atomic E-state index is 0.321. The number of hydrogen-bond donors (Lipinski definition) is 0. The third kappa shape index (κ3) is 1.81. The molecule has 3 aromatic rings. The van der Waals surface area contributed by atoms with E-state index in [4.69, 9.17) is 21.7 Å². The fourth-order valence-electron chi connectivity index (χ4n) is 5.24. The summed E-state index contributed by atoms with van der Waals surface area (Å²) in [6, 6.07) is 6.86. The van der Waals surface area contributed by atoms with E-state index in [1.165, 1.54) is 0 Å². The van der Waals surface area contributed by atoms with Gasteiger partial charge in [0.1, 0.15) is 0 Å². The van der Waals surface area contributed by atoms with Crippen LogP contribution in [0.3, 0.4) is 0 Å². The lowest BCUT2D eigenvalue weighted by Crippen LogP contribution is -2.38. The number of benzene rings is 3. The summed E-state index contributed by atoms with van der Waals surface area (Å²) in [6.07, 6.45) is 5.06. The highest BCUT2D eigenvalue weighted by Gasteiger charge is 2.44. The van der Waals surface area contributed by atoms with Crippen molar-refractivity contribution >= 4 is 68.6 Å². The second-order valence-electron chi connectivity index (χ2n) is 7.81. The normalized spacial score (nSPS) is 20.8. The van der Waals surface area contributed by atoms with E-state index in [-0.39, 0.29) is 0 Å². The molecule has 0 bridgehead atoms. The molecular formula is C24H8O6S. The van der Waals surface area contributed by atoms with Crippen molar-refractivity contribution in [3.63, 3.8) is 0 Å². The van der Waals surface area contributed by atoms with Gasteiger partial charge in [-0.1, -0.05) is 36.5 Å². The average molecular weight is 424 g/mol. The van der Waals surface area contributed by atoms with Gasteiger partial charge in [0.05, 0.1) is 16.7 Å². The molecule has 2 heterocycles. The maximum Gasteiger partial charge on any atom is 0.346 e. The number of rotatable bonds is 0. The lowest BCUT2D eigenvalue weighted by atomic mass is 9.71. The molecule has 0 radical (unpaired) electrons. The standard InChI is InChI=1S/C24H8O6S/c25-21-11-4-1-8-9-2-5-13-18-14(24(28)30-23(13)27)7-15(31)19(20(9)18)10-3-6-12(22(26)29-21)17(11)16(8)10/h1-7,18H. The Hall–Kier alpha value is -3.97. The first-order valence-electron chi connectivity index (χ1n) is 9.51. The van der Waals surface area contributed by atoms with Crippen LogP contribution in [0.2, 0.25) is 0 Å². The molecule has 7 heteroatoms. The van der Waals surface area contributed by atoms with E-state index in [1.807, 2.05) is 0 Å². The monoisotopic (exact) mass is 424 g/mol. The predicted octanol–water partition coefficient (Wildman–Crippen LogP) is 2.57. The Kier molecular flexibility index (Phi) is 2.81. The Morgan fingerprint density at radius 3 is 2.10 bits per heavy atom. The maximum absolute atomic E-state index is 12.5. The van der Waals surface area contributed by atoms with Crippen molar-refractivity contribution in [2.45, 2.75) is 5.92 Å². The van der Waals surface area contributed by atoms with Crippen LogP contribution in [0.25, 0.3) is 27.6 Å². The Labute approximate surface area is 178 Å². The van der Waals surface area contributed by atoms with Gasteiger partial charge in [0, 0.05) is 27.3 Å². The summed E-state index contributed by atoms with van der Waals surface area (Å²) in [5.74, 6) is -3.28. The molecule has 4 aliphatic rings. The number of thiocarbonyl (C=S) groups is 1. The van der Waals surface area contributed by atoms with Crippen LogP contribution >= 0.6 is 12.2 Å². The number of cyclic esters (lactones) is 4. The van der Waals surface area contributed by atoms with Crippen molar-refractivity contribution in [2.24, 2.45) is 0 Å². The summed E-state index contributed by atoms with van der Waals surface area (Å²) in [5.41, 5.74) is 2.88. The van der Waals surface area contributed by atoms with Gasteiger partial charge in [0.2, 0.25) is 0 Å². The zero-order valence-electron chi connectivity index (χ0n) is 15.5. The zero-order valence-corrected chi connectivity index (χ0v) is 16.3. The minimum atomic E-state index is -0.688. The second kappa shape index (κ2) is 5.19. The van der Waals surface area contributed by atoms with Crippen LogP contribution in [-0.2, 0) is 19.1 Å². The Balaban J connectivity index is 1.75. The number of carbonyl (C=O) groups excluding carboxylic acids is 4. The number of allylic oxidation sites excluding steroid dienone is 2. The molecule has 1 saturated heterocycles. The number of hydrogen-bond acceptors (Lipinski definition) is 7. The summed E-state index contributed by atoms with van der Waals surface area (Å²) in [6.45, 7) is 0. The van der Waals surface area contributed by atoms with E-state index in [1.54, 1.807) is 42.5 Å². The zero-order chi connectivity index (χ0) is 21.2. The molecule has 0 amide bonds. The number of fused-ring (bicyclic) bond motifs is 2. The first-order valence-corrected chi connectivity index (χ1v) is 9.92. The van der Waals surface area contributed by atoms with E-state index in [9.17, 15) is 19.2 Å². The molecule has 146 valence electrons. The maximum atomic E-state index is 12.5. The van der Waals surface area contributed by atoms with Crippen molar-refractivity contribution in [2.75, 3.05) is 0 Å². The van der Waals surface area contributed by atoms with Crippen LogP contribution in [0.1, 0.15) is 37.8 Å². The van der Waals surface area contributed by atoms with Crippen LogP contribution in [-0.4, -0.2) is 28.7 Å². The molecule has 2 aliphatic carbocycles. The summed E-state index contributed by atoms with van der Waals surface area (Å²) in [5, 5.41) is 3.66. The van der Waals surface area contributed by atoms with Crippen LogP contribution < -0.4 is 5.22 Å². The molecule has 3 aromatic carbocycles. The highest BCUT2D eigenvalue weighted by Crippen LogP contribution is 2.46. The molecule has 31 heavy (non-hydrogen) atoms. The summed E-state index contributed by atoms with van der Waals surface area (Å²) in [4.78, 5) is 50.0. The highest BCUT2D eigenvalue weighted by atomic mass is 32.1. The van der Waals surface area contributed by atoms with Crippen LogP contribution in [0.5, 0.6) is 0 Å². The van der Waals surface area contributed by atoms with Gasteiger partial charge in [0.25, 0.3) is 0 Å². The third-order valence-electron chi connectivity index (χ3n) is 6.43. The van der Waals surface area contributed by atoms with Gasteiger partial charge in [-0.3, -0.25) is 0 Å². The van der Waals surface area contributed by atoms with E-state index in [0.717, 1.165) is 32.5 Å². The van der Waals surface area contributed by atoms with Crippen LogP contribution in [0, 0.1) is 0 Å². The topological polar surface area (TPSA) is 86.7 Å². The van der Waals surface area contributed by atoms with Crippen molar-refractivity contribution in [1.29, 1.82) is 0 Å². The minimum Gasteiger partial charge on any atom is -0.386 e. The highest BCUT2D eigenvalue weighted by molar-refractivity contribution is 7.81. The van der Waals surface area contributed by atoms with Crippen LogP contribution in [0.4, 0.5) is 0 Å². The molecule has 1 unspecified atom stereocenters. The average Bonchev–Trinajstić information content (AvgIpc) is 2.75. The number of carbonyl (C=O) groups is 4. The summed E-state index contributed by atoms with van der Waals surface area (Å²) >= 11 is 5.67. The SMILES string of the molecule is O=C1OC(=O)C2=CC(=S)c3c4c(c5ccc6c7c(ccc3c75)C(=O)OC6=O)=CC=C1C24. The van der Waals surface area contributed by atoms with Gasteiger partial charge in [-0.25, -0.2) is 19.2 Å². The number of esters is 4. The third-order valence-corrected chi connectivity index (χ3v) is 6.76. The molecule has 6 nitrogen and oxygen atoms in total. The van der Waals surface area contributed by atoms with Gasteiger partial charge < -0.3 is 9.47 Å². The summed E-state index contributed by atoms with van der Waals surface area (Å²) in [7, 11) is 0. The largest absolute Gasteiger partial charge is 0.386 e. The lowest BCUT2D eigenvalue weighted by Gasteiger charge is -2.34. The molecular weight excluding hydrogens is 416 g/mol. The lowest BCUT2D eigenvalue weighted by molar-refractivity contribution is -0.156. The van der Waals surface area contributed by atoms with E-state index in [2.05, 4.69) is 0 Å². The van der Waals surface area contributed by atoms with Crippen molar-refractivity contribution in [1.82, 2.24) is 0 Å². The molecule has 0 aromatic heterocycles. The van der Waals surface area contributed by atoms with Crippen molar-refractivity contribution < 1.29 is 28.7 Å². The molecule has 2 aliphatic heterocycles. The fourth-order valence-corrected chi connectivity index (χ4v) is 5.59. The Bertz CT molecular complexity index is 1650. The predicted molar refractivity (Wildman–Crippen MR) is 113 cm³/mol. The van der Waals surface area contributed by atoms with E-state index in [0.29, 0.717) is 32.5 Å². The Morgan fingerprint density at radius 2 is 1.35 bits per heavy atom. The van der Waals surface area contributed by atoms with Gasteiger partial charge >= 0.3 is 23.9 Å². The first-order chi connectivity index (χ1) is 15.0. The smallest absolute Gasteiger partial charge is 0.346 e. The Morgan fingerprint density at radius 1 is 0.710 bits per heavy atom. The quantitative estimate of drug-likeness (QED) is 0.311. The van der Waals surface area contributed by atoms with Crippen molar-refractivity contribution in [3.05, 3.63) is 75.0 Å². The molecule has 0 spiro atoms. The molecule has 1 atom stereocenters. The number of ether oxygens (including phenoxy) is 2. The molecule has 1 fully saturated rings. The van der Waals surface area contributed by atoms with E-state index < -0.39 is 29.8 Å². The molecule has 0 saturated carbocycles. The second-order valence-corrected chi connectivity index (χ2v) is 8.25. The van der Waals surface area contributed by atoms with Crippen molar-refractivity contribution in [3.8, 4) is 0 Å². The van der Waals surface area contributed by atoms with E-state index >= 15 is 0 Å². The summed E-state index contributed by atoms with van der Waals surface area (Å²) < 4.78 is 9.78. The van der Waals surface area contributed by atoms with Gasteiger partial charge in [-0.2, -0.15) is 0 Å².